The van der Waals surface area contributed by atoms with E-state index in [4.69, 9.17) is 9.05 Å². The second-order valence-electron chi connectivity index (χ2n) is 6.94. The van der Waals surface area contributed by atoms with Crippen molar-refractivity contribution in [3.8, 4) is 0 Å². The van der Waals surface area contributed by atoms with E-state index in [1.165, 1.54) is 0 Å². The Labute approximate surface area is 112 Å². The Balaban J connectivity index is 2.89. The van der Waals surface area contributed by atoms with Crippen molar-refractivity contribution >= 4 is 15.7 Å². The lowest BCUT2D eigenvalue weighted by atomic mass is 9.97. The van der Waals surface area contributed by atoms with Gasteiger partial charge in [-0.1, -0.05) is 45.6 Å². The maximum absolute atomic E-state index is 12.9. The molecule has 0 N–H and O–H groups in total. The predicted molar refractivity (Wildman–Crippen MR) is 79.9 cm³/mol. The van der Waals surface area contributed by atoms with Gasteiger partial charge in [-0.3, -0.25) is 4.57 Å². The fourth-order valence-corrected chi connectivity index (χ4v) is 8.97. The van der Waals surface area contributed by atoms with Crippen molar-refractivity contribution in [3.05, 3.63) is 12.2 Å². The van der Waals surface area contributed by atoms with Gasteiger partial charge in [0.25, 0.3) is 0 Å². The molecule has 0 bridgehead atoms. The molecule has 0 saturated carbocycles. The van der Waals surface area contributed by atoms with E-state index >= 15 is 0 Å². The molecule has 1 aliphatic rings. The maximum atomic E-state index is 12.9. The van der Waals surface area contributed by atoms with Gasteiger partial charge in [0.1, 0.15) is 0 Å². The molecule has 0 aliphatic carbocycles. The van der Waals surface area contributed by atoms with E-state index in [1.807, 2.05) is 13.0 Å². The normalized spacial score (nSPS) is 25.2. The first-order chi connectivity index (χ1) is 8.11. The molecule has 18 heavy (non-hydrogen) atoms. The second kappa shape index (κ2) is 5.62. The Bertz CT molecular complexity index is 344. The van der Waals surface area contributed by atoms with Crippen LogP contribution in [-0.2, 0) is 13.6 Å². The number of rotatable bonds is 4. The predicted octanol–water partition coefficient (Wildman–Crippen LogP) is 4.46. The second-order valence-corrected chi connectivity index (χ2v) is 15.1. The first-order valence-electron chi connectivity index (χ1n) is 6.61. The summed E-state index contributed by atoms with van der Waals surface area (Å²) in [5.41, 5.74) is -0.0293. The fourth-order valence-electron chi connectivity index (χ4n) is 2.01. The minimum Gasteiger partial charge on any atom is -0.308 e. The standard InChI is InChI=1S/C13H27O3PSi/c1-7-8-9-12(18(4,5)6)17(14)15-10-13(2,3)11-16-17/h7-8,12H,9-11H2,1-6H3/b8-7+. The van der Waals surface area contributed by atoms with Gasteiger partial charge >= 0.3 is 7.60 Å². The minimum absolute atomic E-state index is 0.0293. The molecule has 1 heterocycles. The Morgan fingerprint density at radius 1 is 1.28 bits per heavy atom. The summed E-state index contributed by atoms with van der Waals surface area (Å²) < 4.78 is 24.3. The summed E-state index contributed by atoms with van der Waals surface area (Å²) in [6, 6.07) is 0. The van der Waals surface area contributed by atoms with Crippen molar-refractivity contribution < 1.29 is 13.6 Å². The fraction of sp³-hybridized carbons (Fsp3) is 0.846. The van der Waals surface area contributed by atoms with Gasteiger partial charge in [-0.05, 0) is 13.3 Å². The van der Waals surface area contributed by atoms with Gasteiger partial charge in [-0.25, -0.2) is 0 Å². The molecule has 1 fully saturated rings. The summed E-state index contributed by atoms with van der Waals surface area (Å²) in [5.74, 6) is 0. The van der Waals surface area contributed by atoms with Crippen molar-refractivity contribution in [2.24, 2.45) is 5.41 Å². The van der Waals surface area contributed by atoms with Gasteiger partial charge < -0.3 is 9.05 Å². The molecule has 0 radical (unpaired) electrons. The molecule has 0 aromatic carbocycles. The topological polar surface area (TPSA) is 35.5 Å². The van der Waals surface area contributed by atoms with Crippen LogP contribution in [0.4, 0.5) is 0 Å². The maximum Gasteiger partial charge on any atom is 0.331 e. The summed E-state index contributed by atoms with van der Waals surface area (Å²) in [4.78, 5) is 0. The molecule has 1 unspecified atom stereocenters. The SMILES string of the molecule is C/C=C/CC([Si](C)(C)C)P1(=O)OCC(C)(C)CO1. The zero-order valence-electron chi connectivity index (χ0n) is 12.5. The lowest BCUT2D eigenvalue weighted by Gasteiger charge is -2.40. The molecular formula is C13H27O3PSi. The van der Waals surface area contributed by atoms with E-state index in [2.05, 4.69) is 39.6 Å². The largest absolute Gasteiger partial charge is 0.331 e. The summed E-state index contributed by atoms with van der Waals surface area (Å²) >= 11 is 0. The van der Waals surface area contributed by atoms with E-state index in [0.717, 1.165) is 6.42 Å². The highest BCUT2D eigenvalue weighted by molar-refractivity contribution is 7.58. The summed E-state index contributed by atoms with van der Waals surface area (Å²) in [6.07, 6.45) is 4.88. The molecule has 1 saturated heterocycles. The monoisotopic (exact) mass is 290 g/mol. The zero-order chi connectivity index (χ0) is 14.0. The highest BCUT2D eigenvalue weighted by Gasteiger charge is 2.47. The van der Waals surface area contributed by atoms with E-state index in [-0.39, 0.29) is 10.7 Å². The van der Waals surface area contributed by atoms with E-state index < -0.39 is 15.7 Å². The van der Waals surface area contributed by atoms with Crippen LogP contribution in [0.3, 0.4) is 0 Å². The van der Waals surface area contributed by atoms with Crippen molar-refractivity contribution in [2.45, 2.75) is 52.1 Å². The first kappa shape index (κ1) is 16.2. The molecule has 0 spiro atoms. The first-order valence-corrected chi connectivity index (χ1v) is 11.8. The molecule has 0 aromatic heterocycles. The lowest BCUT2D eigenvalue weighted by molar-refractivity contribution is 0.0401. The Hall–Kier alpha value is 0.107. The third-order valence-electron chi connectivity index (χ3n) is 3.25. The van der Waals surface area contributed by atoms with Crippen molar-refractivity contribution in [2.75, 3.05) is 13.2 Å². The van der Waals surface area contributed by atoms with Gasteiger partial charge in [0.2, 0.25) is 0 Å². The van der Waals surface area contributed by atoms with Crippen molar-refractivity contribution in [1.82, 2.24) is 0 Å². The smallest absolute Gasteiger partial charge is 0.308 e. The minimum atomic E-state index is -2.94. The zero-order valence-corrected chi connectivity index (χ0v) is 14.4. The molecule has 1 rings (SSSR count). The van der Waals surface area contributed by atoms with Gasteiger partial charge in [0, 0.05) is 5.41 Å². The highest BCUT2D eigenvalue weighted by Crippen LogP contribution is 2.60. The molecule has 0 amide bonds. The van der Waals surface area contributed by atoms with E-state index in [9.17, 15) is 4.57 Å². The summed E-state index contributed by atoms with van der Waals surface area (Å²) in [7, 11) is -4.54. The van der Waals surface area contributed by atoms with Crippen LogP contribution in [0.2, 0.25) is 19.6 Å². The highest BCUT2D eigenvalue weighted by atomic mass is 31.2. The molecule has 106 valence electrons. The Kier molecular flexibility index (Phi) is 5.04. The van der Waals surface area contributed by atoms with Gasteiger partial charge in [-0.2, -0.15) is 0 Å². The van der Waals surface area contributed by atoms with Crippen molar-refractivity contribution in [3.63, 3.8) is 0 Å². The van der Waals surface area contributed by atoms with E-state index in [1.54, 1.807) is 0 Å². The molecule has 1 aliphatic heterocycles. The quantitative estimate of drug-likeness (QED) is 0.435. The van der Waals surface area contributed by atoms with Crippen LogP contribution in [-0.4, -0.2) is 26.6 Å². The van der Waals surface area contributed by atoms with Gasteiger partial charge in [0.15, 0.2) is 0 Å². The van der Waals surface area contributed by atoms with Crippen LogP contribution in [0.25, 0.3) is 0 Å². The van der Waals surface area contributed by atoms with Crippen LogP contribution in [0.5, 0.6) is 0 Å². The van der Waals surface area contributed by atoms with Crippen LogP contribution in [0, 0.1) is 5.41 Å². The summed E-state index contributed by atoms with van der Waals surface area (Å²) in [6.45, 7) is 13.9. The third-order valence-corrected chi connectivity index (χ3v) is 10.7. The summed E-state index contributed by atoms with van der Waals surface area (Å²) in [5, 5.41) is 0.0531. The average molecular weight is 290 g/mol. The molecule has 5 heteroatoms. The number of hydrogen-bond acceptors (Lipinski definition) is 3. The Morgan fingerprint density at radius 2 is 1.78 bits per heavy atom. The van der Waals surface area contributed by atoms with Gasteiger partial charge in [-0.15, -0.1) is 0 Å². The van der Waals surface area contributed by atoms with Crippen LogP contribution >= 0.6 is 7.60 Å². The van der Waals surface area contributed by atoms with Gasteiger partial charge in [0.05, 0.1) is 26.6 Å². The number of allylic oxidation sites excluding steroid dienone is 2. The van der Waals surface area contributed by atoms with Crippen LogP contribution in [0.1, 0.15) is 27.2 Å². The lowest BCUT2D eigenvalue weighted by Crippen LogP contribution is -2.42. The third kappa shape index (κ3) is 4.06. The van der Waals surface area contributed by atoms with Crippen LogP contribution < -0.4 is 0 Å². The number of hydrogen-bond donors (Lipinski definition) is 0. The van der Waals surface area contributed by atoms with Crippen LogP contribution in [0.15, 0.2) is 12.2 Å². The van der Waals surface area contributed by atoms with Crippen molar-refractivity contribution in [1.29, 1.82) is 0 Å². The Morgan fingerprint density at radius 3 is 2.17 bits per heavy atom. The molecular weight excluding hydrogens is 263 g/mol. The van der Waals surface area contributed by atoms with E-state index in [0.29, 0.717) is 13.2 Å². The average Bonchev–Trinajstić information content (AvgIpc) is 2.22. The molecule has 1 atom stereocenters. The molecule has 3 nitrogen and oxygen atoms in total. The molecule has 0 aromatic rings.